The first-order valence-corrected chi connectivity index (χ1v) is 6.46. The van der Waals surface area contributed by atoms with Crippen LogP contribution in [0.3, 0.4) is 0 Å². The lowest BCUT2D eigenvalue weighted by Gasteiger charge is -2.12. The van der Waals surface area contributed by atoms with Gasteiger partial charge in [-0.2, -0.15) is 0 Å². The Morgan fingerprint density at radius 2 is 2.17 bits per heavy atom. The first-order valence-electron chi connectivity index (χ1n) is 6.09. The van der Waals surface area contributed by atoms with Gasteiger partial charge in [0.15, 0.2) is 11.5 Å². The number of hydrogen-bond acceptors (Lipinski definition) is 4. The van der Waals surface area contributed by atoms with Gasteiger partial charge in [-0.1, -0.05) is 11.6 Å². The summed E-state index contributed by atoms with van der Waals surface area (Å²) in [6.07, 6.45) is 0.881. The van der Waals surface area contributed by atoms with Crippen molar-refractivity contribution in [2.75, 3.05) is 33.5 Å². The molecule has 0 atom stereocenters. The summed E-state index contributed by atoms with van der Waals surface area (Å²) in [5, 5.41) is 3.88. The van der Waals surface area contributed by atoms with Crippen LogP contribution < -0.4 is 14.8 Å². The molecule has 0 unspecified atom stereocenters. The average molecular weight is 272 g/mol. The predicted octanol–water partition coefficient (Wildman–Crippen LogP) is 2.24. The molecule has 1 aromatic rings. The molecule has 1 aromatic carbocycles. The molecule has 0 aliphatic carbocycles. The predicted molar refractivity (Wildman–Crippen MR) is 70.6 cm³/mol. The largest absolute Gasteiger partial charge is 0.489 e. The molecule has 18 heavy (non-hydrogen) atoms. The summed E-state index contributed by atoms with van der Waals surface area (Å²) >= 11 is 6.20. The van der Waals surface area contributed by atoms with Crippen LogP contribution in [0.25, 0.3) is 0 Å². The molecule has 0 amide bonds. The molecule has 0 saturated heterocycles. The second-order valence-electron chi connectivity index (χ2n) is 4.12. The third kappa shape index (κ3) is 3.51. The molecule has 4 nitrogen and oxygen atoms in total. The van der Waals surface area contributed by atoms with Gasteiger partial charge >= 0.3 is 0 Å². The van der Waals surface area contributed by atoms with E-state index in [1.807, 2.05) is 12.1 Å². The Morgan fingerprint density at radius 1 is 1.33 bits per heavy atom. The summed E-state index contributed by atoms with van der Waals surface area (Å²) in [7, 11) is 1.69. The summed E-state index contributed by atoms with van der Waals surface area (Å²) < 4.78 is 16.2. The minimum absolute atomic E-state index is 0.609. The van der Waals surface area contributed by atoms with E-state index < -0.39 is 0 Å². The van der Waals surface area contributed by atoms with Crippen molar-refractivity contribution in [2.45, 2.75) is 13.0 Å². The van der Waals surface area contributed by atoms with Crippen molar-refractivity contribution in [3.05, 3.63) is 22.7 Å². The summed E-state index contributed by atoms with van der Waals surface area (Å²) in [6.45, 7) is 3.56. The van der Waals surface area contributed by atoms with Crippen molar-refractivity contribution in [3.63, 3.8) is 0 Å². The maximum Gasteiger partial charge on any atom is 0.179 e. The second kappa shape index (κ2) is 6.83. The molecular formula is C13H18ClNO3. The Bertz CT molecular complexity index is 398. The number of ether oxygens (including phenoxy) is 3. The fourth-order valence-corrected chi connectivity index (χ4v) is 2.08. The zero-order valence-corrected chi connectivity index (χ0v) is 11.3. The number of rotatable bonds is 5. The highest BCUT2D eigenvalue weighted by molar-refractivity contribution is 6.32. The number of nitrogens with one attached hydrogen (secondary N) is 1. The molecule has 1 aliphatic heterocycles. The quantitative estimate of drug-likeness (QED) is 0.834. The molecule has 0 fully saturated rings. The monoisotopic (exact) mass is 271 g/mol. The second-order valence-corrected chi connectivity index (χ2v) is 4.53. The number of methoxy groups -OCH3 is 1. The van der Waals surface area contributed by atoms with Crippen molar-refractivity contribution in [3.8, 4) is 11.5 Å². The van der Waals surface area contributed by atoms with E-state index in [1.54, 1.807) is 7.11 Å². The van der Waals surface area contributed by atoms with Crippen LogP contribution in [0.2, 0.25) is 5.02 Å². The van der Waals surface area contributed by atoms with E-state index >= 15 is 0 Å². The number of halogens is 1. The van der Waals surface area contributed by atoms with Gasteiger partial charge in [-0.05, 0) is 17.7 Å². The van der Waals surface area contributed by atoms with Crippen molar-refractivity contribution in [1.82, 2.24) is 5.32 Å². The van der Waals surface area contributed by atoms with Crippen molar-refractivity contribution >= 4 is 11.6 Å². The number of fused-ring (bicyclic) bond motifs is 1. The van der Waals surface area contributed by atoms with E-state index in [1.165, 1.54) is 0 Å². The molecular weight excluding hydrogens is 254 g/mol. The van der Waals surface area contributed by atoms with E-state index in [0.29, 0.717) is 30.6 Å². The van der Waals surface area contributed by atoms with Crippen LogP contribution in [-0.4, -0.2) is 33.5 Å². The molecule has 0 saturated carbocycles. The summed E-state index contributed by atoms with van der Waals surface area (Å²) in [5.74, 6) is 1.40. The fraction of sp³-hybridized carbons (Fsp3) is 0.538. The van der Waals surface area contributed by atoms with Crippen LogP contribution in [0.15, 0.2) is 12.1 Å². The van der Waals surface area contributed by atoms with Gasteiger partial charge in [-0.15, -0.1) is 0 Å². The number of benzene rings is 1. The van der Waals surface area contributed by atoms with E-state index in [-0.39, 0.29) is 0 Å². The molecule has 2 rings (SSSR count). The Hall–Kier alpha value is -0.970. The average Bonchev–Trinajstić information content (AvgIpc) is 2.60. The van der Waals surface area contributed by atoms with Crippen molar-refractivity contribution < 1.29 is 14.2 Å². The van der Waals surface area contributed by atoms with Crippen LogP contribution in [0.5, 0.6) is 11.5 Å². The lowest BCUT2D eigenvalue weighted by Crippen LogP contribution is -2.18. The van der Waals surface area contributed by atoms with Crippen LogP contribution >= 0.6 is 11.6 Å². The highest BCUT2D eigenvalue weighted by Gasteiger charge is 2.15. The topological polar surface area (TPSA) is 39.7 Å². The third-order valence-corrected chi connectivity index (χ3v) is 2.95. The van der Waals surface area contributed by atoms with E-state index in [2.05, 4.69) is 5.32 Å². The van der Waals surface area contributed by atoms with Crippen LogP contribution in [0.1, 0.15) is 12.0 Å². The zero-order valence-electron chi connectivity index (χ0n) is 10.5. The van der Waals surface area contributed by atoms with Gasteiger partial charge in [0, 0.05) is 26.6 Å². The first-order chi connectivity index (χ1) is 8.81. The Labute approximate surface area is 112 Å². The van der Waals surface area contributed by atoms with Gasteiger partial charge in [0.2, 0.25) is 0 Å². The minimum Gasteiger partial charge on any atom is -0.489 e. The maximum atomic E-state index is 6.20. The minimum atomic E-state index is 0.609. The van der Waals surface area contributed by atoms with E-state index in [0.717, 1.165) is 30.8 Å². The molecule has 0 spiro atoms. The van der Waals surface area contributed by atoms with Crippen LogP contribution in [-0.2, 0) is 11.3 Å². The highest BCUT2D eigenvalue weighted by atomic mass is 35.5. The Kier molecular flexibility index (Phi) is 5.11. The Balaban J connectivity index is 2.04. The normalized spacial score (nSPS) is 14.3. The molecule has 1 heterocycles. The Morgan fingerprint density at radius 3 is 3.00 bits per heavy atom. The smallest absolute Gasteiger partial charge is 0.179 e. The van der Waals surface area contributed by atoms with Gasteiger partial charge in [0.05, 0.1) is 24.8 Å². The molecule has 0 aromatic heterocycles. The van der Waals surface area contributed by atoms with Gasteiger partial charge in [-0.25, -0.2) is 0 Å². The molecule has 1 N–H and O–H groups in total. The van der Waals surface area contributed by atoms with Crippen LogP contribution in [0.4, 0.5) is 0 Å². The lowest BCUT2D eigenvalue weighted by atomic mass is 10.2. The summed E-state index contributed by atoms with van der Waals surface area (Å²) in [6, 6.07) is 3.89. The number of hydrogen-bond donors (Lipinski definition) is 1. The molecule has 1 aliphatic rings. The standard InChI is InChI=1S/C13H18ClNO3/c1-16-6-3-15-9-10-7-11(14)13-12(8-10)17-4-2-5-18-13/h7-8,15H,2-6,9H2,1H3. The van der Waals surface area contributed by atoms with Gasteiger partial charge in [-0.3, -0.25) is 0 Å². The van der Waals surface area contributed by atoms with Crippen molar-refractivity contribution in [1.29, 1.82) is 0 Å². The van der Waals surface area contributed by atoms with Crippen molar-refractivity contribution in [2.24, 2.45) is 0 Å². The summed E-state index contributed by atoms with van der Waals surface area (Å²) in [4.78, 5) is 0. The lowest BCUT2D eigenvalue weighted by molar-refractivity contribution is 0.199. The first kappa shape index (κ1) is 13.5. The van der Waals surface area contributed by atoms with Gasteiger partial charge in [0.1, 0.15) is 0 Å². The van der Waals surface area contributed by atoms with E-state index in [4.69, 9.17) is 25.8 Å². The molecule has 100 valence electrons. The SMILES string of the molecule is COCCNCc1cc(Cl)c2c(c1)OCCCO2. The maximum absolute atomic E-state index is 6.20. The molecule has 5 heteroatoms. The molecule has 0 radical (unpaired) electrons. The third-order valence-electron chi connectivity index (χ3n) is 2.67. The fourth-order valence-electron chi connectivity index (χ4n) is 1.79. The highest BCUT2D eigenvalue weighted by Crippen LogP contribution is 2.37. The van der Waals surface area contributed by atoms with E-state index in [9.17, 15) is 0 Å². The molecule has 0 bridgehead atoms. The summed E-state index contributed by atoms with van der Waals surface area (Å²) in [5.41, 5.74) is 1.08. The van der Waals surface area contributed by atoms with Gasteiger partial charge in [0.25, 0.3) is 0 Å². The van der Waals surface area contributed by atoms with Gasteiger partial charge < -0.3 is 19.5 Å². The zero-order chi connectivity index (χ0) is 12.8. The van der Waals surface area contributed by atoms with Crippen LogP contribution in [0, 0.1) is 0 Å².